The van der Waals surface area contributed by atoms with Gasteiger partial charge in [-0.15, -0.1) is 0 Å². The average Bonchev–Trinajstić information content (AvgIpc) is 2.33. The average molecular weight is 155 g/mol. The molecule has 0 heterocycles. The monoisotopic (exact) mass is 155 g/mol. The van der Waals surface area contributed by atoms with E-state index in [0.717, 1.165) is 0 Å². The Balaban J connectivity index is 2.76. The van der Waals surface area contributed by atoms with Gasteiger partial charge in [0.15, 0.2) is 0 Å². The second kappa shape index (κ2) is 2.06. The maximum atomic E-state index is 10.8. The molecular formula is C8H11O3-. The van der Waals surface area contributed by atoms with Crippen LogP contribution in [0, 0.1) is 17.3 Å². The normalized spacial score (nSPS) is 33.0. The predicted octanol–water partition coefficient (Wildman–Crippen LogP) is -0.403. The van der Waals surface area contributed by atoms with Crippen molar-refractivity contribution in [1.82, 2.24) is 0 Å². The van der Waals surface area contributed by atoms with E-state index in [1.54, 1.807) is 13.8 Å². The molecule has 1 fully saturated rings. The van der Waals surface area contributed by atoms with Gasteiger partial charge in [-0.05, 0) is 12.3 Å². The first kappa shape index (κ1) is 8.24. The fraction of sp³-hybridized carbons (Fsp3) is 0.750. The molecule has 1 saturated carbocycles. The van der Waals surface area contributed by atoms with Gasteiger partial charge < -0.3 is 9.90 Å². The first-order valence-corrected chi connectivity index (χ1v) is 3.60. The van der Waals surface area contributed by atoms with E-state index in [4.69, 9.17) is 0 Å². The molecule has 0 aromatic heterocycles. The highest BCUT2D eigenvalue weighted by atomic mass is 16.4. The van der Waals surface area contributed by atoms with Crippen molar-refractivity contribution in [2.75, 3.05) is 0 Å². The number of carbonyl (C=O) groups is 2. The van der Waals surface area contributed by atoms with Gasteiger partial charge in [-0.2, -0.15) is 0 Å². The molecule has 0 N–H and O–H groups in total. The third kappa shape index (κ3) is 1.04. The number of hydrogen-bond donors (Lipinski definition) is 0. The number of ketones is 1. The third-order valence-electron chi connectivity index (χ3n) is 2.52. The topological polar surface area (TPSA) is 57.2 Å². The van der Waals surface area contributed by atoms with Gasteiger partial charge >= 0.3 is 0 Å². The van der Waals surface area contributed by atoms with Crippen molar-refractivity contribution in [2.45, 2.75) is 20.8 Å². The highest BCUT2D eigenvalue weighted by Gasteiger charge is 2.60. The lowest BCUT2D eigenvalue weighted by molar-refractivity contribution is -0.309. The van der Waals surface area contributed by atoms with Crippen LogP contribution in [0.25, 0.3) is 0 Å². The van der Waals surface area contributed by atoms with E-state index in [0.29, 0.717) is 0 Å². The number of aliphatic carboxylic acids is 1. The van der Waals surface area contributed by atoms with Crippen LogP contribution in [0.5, 0.6) is 0 Å². The first-order chi connectivity index (χ1) is 4.89. The van der Waals surface area contributed by atoms with E-state index >= 15 is 0 Å². The van der Waals surface area contributed by atoms with E-state index in [1.165, 1.54) is 6.92 Å². The summed E-state index contributed by atoms with van der Waals surface area (Å²) in [7, 11) is 0. The Bertz CT molecular complexity index is 195. The summed E-state index contributed by atoms with van der Waals surface area (Å²) in [6, 6.07) is 0. The smallest absolute Gasteiger partial charge is 0.134 e. The third-order valence-corrected chi connectivity index (χ3v) is 2.52. The van der Waals surface area contributed by atoms with Crippen LogP contribution in [0.2, 0.25) is 0 Å². The lowest BCUT2D eigenvalue weighted by Crippen LogP contribution is -2.26. The molecule has 0 aromatic rings. The standard InChI is InChI=1S/C8H12O3/c1-4(9)5-6(7(10)11)8(5,2)3/h5-6H,1-3H3,(H,10,11)/p-1. The summed E-state index contributed by atoms with van der Waals surface area (Å²) in [5.41, 5.74) is -0.384. The van der Waals surface area contributed by atoms with Crippen molar-refractivity contribution >= 4 is 11.8 Å². The lowest BCUT2D eigenvalue weighted by atomic mass is 10.1. The SMILES string of the molecule is CC(=O)C1C(C(=O)[O-])C1(C)C. The van der Waals surface area contributed by atoms with Gasteiger partial charge in [-0.1, -0.05) is 13.8 Å². The van der Waals surface area contributed by atoms with Crippen molar-refractivity contribution in [3.05, 3.63) is 0 Å². The molecule has 2 atom stereocenters. The second-order valence-electron chi connectivity index (χ2n) is 3.71. The van der Waals surface area contributed by atoms with Crippen LogP contribution in [0.4, 0.5) is 0 Å². The van der Waals surface area contributed by atoms with E-state index in [1.807, 2.05) is 0 Å². The summed E-state index contributed by atoms with van der Waals surface area (Å²) in [6.45, 7) is 4.98. The van der Waals surface area contributed by atoms with Crippen molar-refractivity contribution < 1.29 is 14.7 Å². The fourth-order valence-electron chi connectivity index (χ4n) is 1.84. The molecule has 0 saturated heterocycles. The minimum atomic E-state index is -1.10. The number of carboxylic acids is 1. The molecule has 11 heavy (non-hydrogen) atoms. The summed E-state index contributed by atoms with van der Waals surface area (Å²) >= 11 is 0. The molecule has 0 bridgehead atoms. The lowest BCUT2D eigenvalue weighted by Gasteiger charge is -2.01. The quantitative estimate of drug-likeness (QED) is 0.545. The number of rotatable bonds is 2. The molecule has 0 aromatic carbocycles. The Kier molecular flexibility index (Phi) is 1.54. The van der Waals surface area contributed by atoms with Crippen molar-refractivity contribution in [2.24, 2.45) is 17.3 Å². The maximum Gasteiger partial charge on any atom is 0.134 e. The van der Waals surface area contributed by atoms with Crippen LogP contribution < -0.4 is 5.11 Å². The maximum absolute atomic E-state index is 10.8. The molecule has 3 heteroatoms. The van der Waals surface area contributed by atoms with Crippen LogP contribution in [-0.2, 0) is 9.59 Å². The zero-order valence-corrected chi connectivity index (χ0v) is 6.88. The summed E-state index contributed by atoms with van der Waals surface area (Å²) in [5, 5.41) is 10.4. The summed E-state index contributed by atoms with van der Waals surface area (Å²) in [6.07, 6.45) is 0. The van der Waals surface area contributed by atoms with E-state index < -0.39 is 11.9 Å². The van der Waals surface area contributed by atoms with Crippen LogP contribution in [0.15, 0.2) is 0 Å². The van der Waals surface area contributed by atoms with Crippen molar-refractivity contribution in [3.8, 4) is 0 Å². The number of carbonyl (C=O) groups excluding carboxylic acids is 2. The molecular weight excluding hydrogens is 144 g/mol. The Labute approximate surface area is 65.4 Å². The van der Waals surface area contributed by atoms with Gasteiger partial charge in [0.05, 0.1) is 0 Å². The highest BCUT2D eigenvalue weighted by Crippen LogP contribution is 2.58. The summed E-state index contributed by atoms with van der Waals surface area (Å²) in [4.78, 5) is 21.3. The van der Waals surface area contributed by atoms with Crippen molar-refractivity contribution in [1.29, 1.82) is 0 Å². The molecule has 2 unspecified atom stereocenters. The fourth-order valence-corrected chi connectivity index (χ4v) is 1.84. The van der Waals surface area contributed by atoms with Gasteiger partial charge in [-0.3, -0.25) is 4.79 Å². The Morgan fingerprint density at radius 1 is 1.27 bits per heavy atom. The van der Waals surface area contributed by atoms with E-state index in [-0.39, 0.29) is 17.1 Å². The van der Waals surface area contributed by atoms with Gasteiger partial charge in [0.1, 0.15) is 5.78 Å². The largest absolute Gasteiger partial charge is 0.550 e. The van der Waals surface area contributed by atoms with Gasteiger partial charge in [0.2, 0.25) is 0 Å². The molecule has 0 amide bonds. The molecule has 62 valence electrons. The summed E-state index contributed by atoms with van der Waals surface area (Å²) in [5.74, 6) is -2.05. The number of hydrogen-bond acceptors (Lipinski definition) is 3. The Morgan fingerprint density at radius 2 is 1.73 bits per heavy atom. The van der Waals surface area contributed by atoms with Crippen molar-refractivity contribution in [3.63, 3.8) is 0 Å². The molecule has 0 aliphatic heterocycles. The minimum absolute atomic E-state index is 0.0517. The van der Waals surface area contributed by atoms with Crippen LogP contribution >= 0.6 is 0 Å². The molecule has 1 aliphatic carbocycles. The van der Waals surface area contributed by atoms with Crippen LogP contribution in [0.3, 0.4) is 0 Å². The van der Waals surface area contributed by atoms with E-state index in [2.05, 4.69) is 0 Å². The van der Waals surface area contributed by atoms with Gasteiger partial charge in [-0.25, -0.2) is 0 Å². The Morgan fingerprint density at radius 3 is 1.82 bits per heavy atom. The Hall–Kier alpha value is -0.860. The molecule has 1 aliphatic rings. The van der Waals surface area contributed by atoms with E-state index in [9.17, 15) is 14.7 Å². The molecule has 3 nitrogen and oxygen atoms in total. The van der Waals surface area contributed by atoms with Gasteiger partial charge in [0, 0.05) is 17.8 Å². The minimum Gasteiger partial charge on any atom is -0.550 e. The highest BCUT2D eigenvalue weighted by molar-refractivity contribution is 5.90. The molecule has 0 spiro atoms. The molecule has 1 rings (SSSR count). The molecule has 0 radical (unpaired) electrons. The second-order valence-corrected chi connectivity index (χ2v) is 3.71. The zero-order valence-electron chi connectivity index (χ0n) is 6.88. The summed E-state index contributed by atoms with van der Waals surface area (Å²) < 4.78 is 0. The zero-order chi connectivity index (χ0) is 8.81. The number of carboxylic acid groups (broad SMARTS) is 1. The van der Waals surface area contributed by atoms with Gasteiger partial charge in [0.25, 0.3) is 0 Å². The predicted molar refractivity (Wildman–Crippen MR) is 36.4 cm³/mol. The number of Topliss-reactive ketones (excluding diaryl/α,β-unsaturated/α-hetero) is 1. The first-order valence-electron chi connectivity index (χ1n) is 3.60. The van der Waals surface area contributed by atoms with Crippen LogP contribution in [0.1, 0.15) is 20.8 Å². The van der Waals surface area contributed by atoms with Crippen LogP contribution in [-0.4, -0.2) is 11.8 Å².